The van der Waals surface area contributed by atoms with Crippen molar-refractivity contribution in [3.8, 4) is 5.75 Å². The van der Waals surface area contributed by atoms with Crippen LogP contribution >= 0.6 is 0 Å². The molecule has 3 heterocycles. The highest BCUT2D eigenvalue weighted by Crippen LogP contribution is 2.36. The van der Waals surface area contributed by atoms with E-state index in [9.17, 15) is 14.4 Å². The molecule has 27 heavy (non-hydrogen) atoms. The topological polar surface area (TPSA) is 103 Å². The summed E-state index contributed by atoms with van der Waals surface area (Å²) in [6, 6.07) is 6.13. The monoisotopic (exact) mass is 368 g/mol. The van der Waals surface area contributed by atoms with Gasteiger partial charge in [0.05, 0.1) is 11.4 Å². The Morgan fingerprint density at radius 3 is 2.48 bits per heavy atom. The lowest BCUT2D eigenvalue weighted by Crippen LogP contribution is -2.33. The Labute approximate surface area is 154 Å². The third-order valence-electron chi connectivity index (χ3n) is 4.46. The number of rotatable bonds is 3. The minimum absolute atomic E-state index is 0.329. The molecular weight excluding hydrogens is 352 g/mol. The van der Waals surface area contributed by atoms with E-state index in [4.69, 9.17) is 9.57 Å². The number of ether oxygens (including phenoxy) is 1. The summed E-state index contributed by atoms with van der Waals surface area (Å²) in [5.74, 6) is -1.83. The Kier molecular flexibility index (Phi) is 3.79. The van der Waals surface area contributed by atoms with Crippen molar-refractivity contribution in [1.82, 2.24) is 9.78 Å². The van der Waals surface area contributed by atoms with Crippen LogP contribution in [0.15, 0.2) is 35.6 Å². The number of amides is 2. The van der Waals surface area contributed by atoms with Gasteiger partial charge in [0.2, 0.25) is 12.0 Å². The van der Waals surface area contributed by atoms with Crippen LogP contribution in [0, 0.1) is 12.8 Å². The minimum atomic E-state index is -0.986. The number of anilines is 1. The van der Waals surface area contributed by atoms with Crippen LogP contribution in [0.4, 0.5) is 5.69 Å². The maximum Gasteiger partial charge on any atom is 0.308 e. The van der Waals surface area contributed by atoms with Gasteiger partial charge in [-0.15, -0.1) is 0 Å². The Morgan fingerprint density at radius 1 is 1.19 bits per heavy atom. The molecule has 0 N–H and O–H groups in total. The average molecular weight is 368 g/mol. The second kappa shape index (κ2) is 6.04. The molecular formula is C18H16N4O5. The van der Waals surface area contributed by atoms with E-state index in [-0.39, 0.29) is 0 Å². The van der Waals surface area contributed by atoms with Gasteiger partial charge in [-0.05, 0) is 31.2 Å². The molecule has 0 spiro atoms. The van der Waals surface area contributed by atoms with Crippen molar-refractivity contribution in [2.45, 2.75) is 20.0 Å². The molecule has 9 heteroatoms. The van der Waals surface area contributed by atoms with Gasteiger partial charge in [0.1, 0.15) is 17.4 Å². The van der Waals surface area contributed by atoms with Crippen LogP contribution in [-0.4, -0.2) is 39.4 Å². The van der Waals surface area contributed by atoms with Gasteiger partial charge in [-0.1, -0.05) is 5.16 Å². The lowest BCUT2D eigenvalue weighted by molar-refractivity contribution is -0.132. The van der Waals surface area contributed by atoms with Gasteiger partial charge in [-0.25, -0.2) is 4.90 Å². The molecule has 1 saturated heterocycles. The standard InChI is InChI=1S/C18H16N4O5/c1-9-13(8-21(3)19-9)15-14-16(27-20-15)18(25)22(17(14)24)11-4-6-12(7-5-11)26-10(2)23/h4-8,14,16H,1-3H3. The van der Waals surface area contributed by atoms with Crippen LogP contribution in [0.1, 0.15) is 18.2 Å². The zero-order chi connectivity index (χ0) is 19.3. The lowest BCUT2D eigenvalue weighted by Gasteiger charge is -2.15. The van der Waals surface area contributed by atoms with Crippen LogP contribution in [0.2, 0.25) is 0 Å². The van der Waals surface area contributed by atoms with E-state index in [1.165, 1.54) is 19.1 Å². The normalized spacial score (nSPS) is 21.1. The summed E-state index contributed by atoms with van der Waals surface area (Å²) in [7, 11) is 1.77. The van der Waals surface area contributed by atoms with E-state index in [1.807, 2.05) is 0 Å². The average Bonchev–Trinajstić information content (AvgIpc) is 3.24. The van der Waals surface area contributed by atoms with Crippen molar-refractivity contribution < 1.29 is 24.0 Å². The lowest BCUT2D eigenvalue weighted by atomic mass is 9.94. The Hall–Kier alpha value is -3.49. The number of nitrogens with zero attached hydrogens (tertiary/aromatic N) is 4. The van der Waals surface area contributed by atoms with Gasteiger partial charge in [-0.3, -0.25) is 19.1 Å². The molecule has 2 aromatic rings. The zero-order valence-corrected chi connectivity index (χ0v) is 14.9. The summed E-state index contributed by atoms with van der Waals surface area (Å²) in [6.45, 7) is 3.10. The molecule has 1 fully saturated rings. The molecule has 0 saturated carbocycles. The van der Waals surface area contributed by atoms with Crippen molar-refractivity contribution in [3.63, 3.8) is 0 Å². The molecule has 0 aliphatic carbocycles. The van der Waals surface area contributed by atoms with Gasteiger partial charge in [0, 0.05) is 25.7 Å². The molecule has 9 nitrogen and oxygen atoms in total. The summed E-state index contributed by atoms with van der Waals surface area (Å²) < 4.78 is 6.59. The number of fused-ring (bicyclic) bond motifs is 1. The molecule has 2 aliphatic rings. The Morgan fingerprint density at radius 2 is 1.89 bits per heavy atom. The quantitative estimate of drug-likeness (QED) is 0.454. The largest absolute Gasteiger partial charge is 0.427 e. The summed E-state index contributed by atoms with van der Waals surface area (Å²) >= 11 is 0. The first-order valence-corrected chi connectivity index (χ1v) is 8.27. The van der Waals surface area contributed by atoms with Crippen LogP contribution < -0.4 is 9.64 Å². The van der Waals surface area contributed by atoms with Crippen molar-refractivity contribution in [3.05, 3.63) is 41.7 Å². The predicted molar refractivity (Wildman–Crippen MR) is 93.1 cm³/mol. The Balaban J connectivity index is 1.64. The van der Waals surface area contributed by atoms with Crippen molar-refractivity contribution >= 4 is 29.2 Å². The summed E-state index contributed by atoms with van der Waals surface area (Å²) in [5, 5.41) is 8.23. The van der Waals surface area contributed by atoms with E-state index in [0.717, 1.165) is 4.90 Å². The third kappa shape index (κ3) is 2.67. The molecule has 0 bridgehead atoms. The number of oxime groups is 1. The summed E-state index contributed by atoms with van der Waals surface area (Å²) in [4.78, 5) is 43.1. The number of hydrogen-bond acceptors (Lipinski definition) is 7. The first-order chi connectivity index (χ1) is 12.9. The fourth-order valence-electron chi connectivity index (χ4n) is 3.34. The summed E-state index contributed by atoms with van der Waals surface area (Å²) in [5.41, 5.74) is 2.16. The molecule has 2 amide bonds. The first-order valence-electron chi connectivity index (χ1n) is 8.27. The number of benzene rings is 1. The highest BCUT2D eigenvalue weighted by Gasteiger charge is 2.56. The Bertz CT molecular complexity index is 992. The number of carbonyl (C=O) groups excluding carboxylic acids is 3. The van der Waals surface area contributed by atoms with Gasteiger partial charge in [0.25, 0.3) is 5.91 Å². The van der Waals surface area contributed by atoms with Crippen LogP contribution in [0.5, 0.6) is 5.75 Å². The number of aromatic nitrogens is 2. The third-order valence-corrected chi connectivity index (χ3v) is 4.46. The SMILES string of the molecule is CC(=O)Oc1ccc(N2C(=O)C3ON=C(c4cn(C)nc4C)C3C2=O)cc1. The van der Waals surface area contributed by atoms with E-state index >= 15 is 0 Å². The predicted octanol–water partition coefficient (Wildman–Crippen LogP) is 0.946. The van der Waals surface area contributed by atoms with Crippen molar-refractivity contribution in [1.29, 1.82) is 0 Å². The van der Waals surface area contributed by atoms with E-state index in [0.29, 0.717) is 28.4 Å². The zero-order valence-electron chi connectivity index (χ0n) is 14.9. The van der Waals surface area contributed by atoms with Crippen LogP contribution in [-0.2, 0) is 26.3 Å². The molecule has 4 rings (SSSR count). The van der Waals surface area contributed by atoms with Crippen LogP contribution in [0.25, 0.3) is 0 Å². The second-order valence-electron chi connectivity index (χ2n) is 6.38. The smallest absolute Gasteiger partial charge is 0.308 e. The number of esters is 1. The van der Waals surface area contributed by atoms with E-state index in [1.54, 1.807) is 37.0 Å². The number of hydrogen-bond donors (Lipinski definition) is 0. The van der Waals surface area contributed by atoms with Gasteiger partial charge < -0.3 is 9.57 Å². The van der Waals surface area contributed by atoms with Crippen molar-refractivity contribution in [2.24, 2.45) is 18.1 Å². The van der Waals surface area contributed by atoms with Crippen molar-refractivity contribution in [2.75, 3.05) is 4.90 Å². The molecule has 1 aromatic carbocycles. The molecule has 2 unspecified atom stereocenters. The van der Waals surface area contributed by atoms with E-state index in [2.05, 4.69) is 10.3 Å². The maximum atomic E-state index is 13.0. The first kappa shape index (κ1) is 17.0. The molecule has 2 atom stereocenters. The number of carbonyl (C=O) groups is 3. The maximum absolute atomic E-state index is 13.0. The molecule has 1 aromatic heterocycles. The van der Waals surface area contributed by atoms with Gasteiger partial charge in [0.15, 0.2) is 0 Å². The second-order valence-corrected chi connectivity index (χ2v) is 6.38. The fraction of sp³-hybridized carbons (Fsp3) is 0.278. The summed E-state index contributed by atoms with van der Waals surface area (Å²) in [6.07, 6.45) is 0.758. The van der Waals surface area contributed by atoms with Crippen LogP contribution in [0.3, 0.4) is 0 Å². The molecule has 0 radical (unpaired) electrons. The number of imide groups is 1. The highest BCUT2D eigenvalue weighted by atomic mass is 16.6. The molecule has 138 valence electrons. The molecule has 2 aliphatic heterocycles. The number of aryl methyl sites for hydroxylation is 2. The van der Waals surface area contributed by atoms with Gasteiger partial charge >= 0.3 is 5.97 Å². The fourth-order valence-corrected chi connectivity index (χ4v) is 3.34. The minimum Gasteiger partial charge on any atom is -0.427 e. The highest BCUT2D eigenvalue weighted by molar-refractivity contribution is 6.32. The van der Waals surface area contributed by atoms with E-state index < -0.39 is 29.8 Å². The van der Waals surface area contributed by atoms with Gasteiger partial charge in [-0.2, -0.15) is 5.10 Å².